The molecule has 76 valence electrons. The summed E-state index contributed by atoms with van der Waals surface area (Å²) >= 11 is 0. The predicted octanol–water partition coefficient (Wildman–Crippen LogP) is 4.10. The Morgan fingerprint density at radius 3 is 2.46 bits per heavy atom. The first-order valence-corrected chi connectivity index (χ1v) is 6.24. The maximum atomic E-state index is 2.49. The lowest BCUT2D eigenvalue weighted by atomic mass is 9.57. The van der Waals surface area contributed by atoms with Gasteiger partial charge in [0.25, 0.3) is 0 Å². The Kier molecular flexibility index (Phi) is 2.67. The Bertz CT molecular complexity index is 171. The van der Waals surface area contributed by atoms with Crippen LogP contribution in [0.5, 0.6) is 0 Å². The predicted molar refractivity (Wildman–Crippen MR) is 57.6 cm³/mol. The zero-order valence-corrected chi connectivity index (χ0v) is 9.42. The molecule has 2 saturated carbocycles. The summed E-state index contributed by atoms with van der Waals surface area (Å²) in [5, 5.41) is 0. The summed E-state index contributed by atoms with van der Waals surface area (Å²) in [4.78, 5) is 0. The van der Waals surface area contributed by atoms with Gasteiger partial charge in [0, 0.05) is 0 Å². The zero-order valence-electron chi connectivity index (χ0n) is 9.42. The molecular weight excluding hydrogens is 156 g/mol. The van der Waals surface area contributed by atoms with Gasteiger partial charge in [0.1, 0.15) is 0 Å². The van der Waals surface area contributed by atoms with Gasteiger partial charge in [0.15, 0.2) is 0 Å². The molecule has 0 amide bonds. The molecule has 2 fully saturated rings. The van der Waals surface area contributed by atoms with E-state index in [9.17, 15) is 0 Å². The molecule has 13 heavy (non-hydrogen) atoms. The van der Waals surface area contributed by atoms with Crippen LogP contribution >= 0.6 is 0 Å². The van der Waals surface area contributed by atoms with Gasteiger partial charge in [-0.05, 0) is 36.0 Å². The van der Waals surface area contributed by atoms with Crippen LogP contribution in [0.2, 0.25) is 0 Å². The maximum Gasteiger partial charge on any atom is -0.0329 e. The van der Waals surface area contributed by atoms with E-state index in [0.29, 0.717) is 0 Å². The van der Waals surface area contributed by atoms with E-state index in [2.05, 4.69) is 20.8 Å². The van der Waals surface area contributed by atoms with E-state index < -0.39 is 0 Å². The van der Waals surface area contributed by atoms with Crippen molar-refractivity contribution in [1.29, 1.82) is 0 Å². The molecule has 2 aliphatic carbocycles. The van der Waals surface area contributed by atoms with E-state index in [1.807, 2.05) is 0 Å². The summed E-state index contributed by atoms with van der Waals surface area (Å²) in [6.07, 6.45) is 7.48. The monoisotopic (exact) mass is 180 g/mol. The largest absolute Gasteiger partial charge is 0.0651 e. The quantitative estimate of drug-likeness (QED) is 0.570. The molecule has 0 saturated heterocycles. The van der Waals surface area contributed by atoms with E-state index in [0.717, 1.165) is 29.6 Å². The fourth-order valence-electron chi connectivity index (χ4n) is 3.98. The minimum absolute atomic E-state index is 1.03. The number of fused-ring (bicyclic) bond motifs is 1. The fourth-order valence-corrected chi connectivity index (χ4v) is 3.98. The molecule has 0 radical (unpaired) electrons. The molecule has 5 unspecified atom stereocenters. The van der Waals surface area contributed by atoms with Gasteiger partial charge in [0.05, 0.1) is 0 Å². The summed E-state index contributed by atoms with van der Waals surface area (Å²) in [5.74, 6) is 5.33. The smallest absolute Gasteiger partial charge is 0.0329 e. The van der Waals surface area contributed by atoms with Crippen molar-refractivity contribution in [3.63, 3.8) is 0 Å². The second-order valence-electron chi connectivity index (χ2n) is 5.53. The van der Waals surface area contributed by atoms with Crippen LogP contribution in [-0.4, -0.2) is 0 Å². The molecule has 0 N–H and O–H groups in total. The van der Waals surface area contributed by atoms with Crippen LogP contribution in [0, 0.1) is 29.6 Å². The first-order valence-electron chi connectivity index (χ1n) is 6.24. The SMILES string of the molecule is CCC1CCCC(C)C2CC(C)C12. The standard InChI is InChI=1S/C13H24/c1-4-11-7-5-6-9(2)12-8-10(3)13(11)12/h9-13H,4-8H2,1-3H3. The van der Waals surface area contributed by atoms with Crippen LogP contribution in [-0.2, 0) is 0 Å². The number of rotatable bonds is 1. The normalized spacial score (nSPS) is 50.5. The van der Waals surface area contributed by atoms with Crippen molar-refractivity contribution < 1.29 is 0 Å². The molecule has 0 heterocycles. The second-order valence-corrected chi connectivity index (χ2v) is 5.53. The Labute approximate surface area is 83.1 Å². The molecule has 0 aliphatic heterocycles. The molecule has 2 rings (SSSR count). The lowest BCUT2D eigenvalue weighted by Crippen LogP contribution is -2.41. The molecule has 0 aromatic rings. The van der Waals surface area contributed by atoms with Crippen molar-refractivity contribution in [2.75, 3.05) is 0 Å². The molecule has 5 atom stereocenters. The highest BCUT2D eigenvalue weighted by atomic mass is 14.5. The lowest BCUT2D eigenvalue weighted by molar-refractivity contribution is 0.00351. The van der Waals surface area contributed by atoms with E-state index in [-0.39, 0.29) is 0 Å². The average Bonchev–Trinajstić information content (AvgIpc) is 2.22. The fraction of sp³-hybridized carbons (Fsp3) is 1.00. The molecular formula is C13H24. The van der Waals surface area contributed by atoms with Crippen LogP contribution in [0.1, 0.15) is 52.9 Å². The molecule has 0 nitrogen and oxygen atoms in total. The van der Waals surface area contributed by atoms with Gasteiger partial charge in [0.2, 0.25) is 0 Å². The van der Waals surface area contributed by atoms with Crippen LogP contribution in [0.3, 0.4) is 0 Å². The lowest BCUT2D eigenvalue weighted by Gasteiger charge is -2.48. The molecule has 0 bridgehead atoms. The van der Waals surface area contributed by atoms with Crippen molar-refractivity contribution in [3.8, 4) is 0 Å². The Morgan fingerprint density at radius 1 is 1.08 bits per heavy atom. The Balaban J connectivity index is 2.07. The average molecular weight is 180 g/mol. The third-order valence-electron chi connectivity index (χ3n) is 4.83. The molecule has 0 aromatic heterocycles. The highest BCUT2D eigenvalue weighted by Crippen LogP contribution is 2.53. The third-order valence-corrected chi connectivity index (χ3v) is 4.83. The summed E-state index contributed by atoms with van der Waals surface area (Å²) in [5.41, 5.74) is 0. The van der Waals surface area contributed by atoms with Crippen LogP contribution in [0.25, 0.3) is 0 Å². The minimum Gasteiger partial charge on any atom is -0.0651 e. The van der Waals surface area contributed by atoms with Gasteiger partial charge < -0.3 is 0 Å². The van der Waals surface area contributed by atoms with E-state index in [1.54, 1.807) is 0 Å². The van der Waals surface area contributed by atoms with Crippen molar-refractivity contribution in [3.05, 3.63) is 0 Å². The van der Waals surface area contributed by atoms with Crippen molar-refractivity contribution in [1.82, 2.24) is 0 Å². The van der Waals surface area contributed by atoms with Gasteiger partial charge in [-0.2, -0.15) is 0 Å². The van der Waals surface area contributed by atoms with Gasteiger partial charge in [-0.15, -0.1) is 0 Å². The summed E-state index contributed by atoms with van der Waals surface area (Å²) in [6.45, 7) is 7.35. The van der Waals surface area contributed by atoms with E-state index >= 15 is 0 Å². The summed E-state index contributed by atoms with van der Waals surface area (Å²) in [6, 6.07) is 0. The molecule has 0 heteroatoms. The number of hydrogen-bond acceptors (Lipinski definition) is 0. The second kappa shape index (κ2) is 3.63. The Hall–Kier alpha value is 0. The highest BCUT2D eigenvalue weighted by molar-refractivity contribution is 4.94. The molecule has 0 spiro atoms. The zero-order chi connectivity index (χ0) is 9.42. The van der Waals surface area contributed by atoms with E-state index in [4.69, 9.17) is 0 Å². The first-order chi connectivity index (χ1) is 6.24. The van der Waals surface area contributed by atoms with Crippen LogP contribution < -0.4 is 0 Å². The van der Waals surface area contributed by atoms with Crippen LogP contribution in [0.4, 0.5) is 0 Å². The summed E-state index contributed by atoms with van der Waals surface area (Å²) in [7, 11) is 0. The minimum atomic E-state index is 1.03. The number of hydrogen-bond donors (Lipinski definition) is 0. The van der Waals surface area contributed by atoms with Gasteiger partial charge in [-0.1, -0.05) is 46.5 Å². The topological polar surface area (TPSA) is 0 Å². The van der Waals surface area contributed by atoms with E-state index in [1.165, 1.54) is 32.1 Å². The first kappa shape index (κ1) is 9.55. The third kappa shape index (κ3) is 1.53. The Morgan fingerprint density at radius 2 is 1.85 bits per heavy atom. The van der Waals surface area contributed by atoms with Gasteiger partial charge >= 0.3 is 0 Å². The van der Waals surface area contributed by atoms with Gasteiger partial charge in [-0.3, -0.25) is 0 Å². The van der Waals surface area contributed by atoms with Crippen LogP contribution in [0.15, 0.2) is 0 Å². The van der Waals surface area contributed by atoms with Crippen molar-refractivity contribution in [2.24, 2.45) is 29.6 Å². The molecule has 0 aromatic carbocycles. The molecule has 2 aliphatic rings. The maximum absolute atomic E-state index is 2.49. The van der Waals surface area contributed by atoms with Crippen molar-refractivity contribution in [2.45, 2.75) is 52.9 Å². The van der Waals surface area contributed by atoms with Crippen molar-refractivity contribution >= 4 is 0 Å². The summed E-state index contributed by atoms with van der Waals surface area (Å²) < 4.78 is 0. The van der Waals surface area contributed by atoms with Gasteiger partial charge in [-0.25, -0.2) is 0 Å². The highest BCUT2D eigenvalue weighted by Gasteiger charge is 2.45.